The Balaban J connectivity index is 0.982. The van der Waals surface area contributed by atoms with Gasteiger partial charge in [0.2, 0.25) is 0 Å². The summed E-state index contributed by atoms with van der Waals surface area (Å²) in [5.41, 5.74) is 15.5. The van der Waals surface area contributed by atoms with Gasteiger partial charge in [0, 0.05) is 59.9 Å². The van der Waals surface area contributed by atoms with Crippen molar-refractivity contribution in [3.63, 3.8) is 0 Å². The topological polar surface area (TPSA) is 51.8 Å². The van der Waals surface area contributed by atoms with E-state index in [9.17, 15) is 0 Å². The Hall–Kier alpha value is -8.52. The smallest absolute Gasteiger partial charge is 0.160 e. The maximum absolute atomic E-state index is 5.48. The summed E-state index contributed by atoms with van der Waals surface area (Å²) in [7, 11) is 0. The number of fused-ring (bicyclic) bond motifs is 6. The lowest BCUT2D eigenvalue weighted by Crippen LogP contribution is -2.14. The number of imidazole rings is 1. The van der Waals surface area contributed by atoms with Crippen LogP contribution >= 0.6 is 11.8 Å². The molecule has 0 aliphatic carbocycles. The molecule has 66 heavy (non-hydrogen) atoms. The van der Waals surface area contributed by atoms with Gasteiger partial charge in [0.15, 0.2) is 5.82 Å². The quantitative estimate of drug-likeness (QED) is 0.160. The maximum Gasteiger partial charge on any atom is 0.160 e. The van der Waals surface area contributed by atoms with Gasteiger partial charge in [0.1, 0.15) is 5.82 Å². The first-order valence-corrected chi connectivity index (χ1v) is 22.9. The van der Waals surface area contributed by atoms with Crippen LogP contribution in [-0.2, 0) is 0 Å². The van der Waals surface area contributed by atoms with E-state index in [-0.39, 0.29) is 0 Å². The van der Waals surface area contributed by atoms with Crippen LogP contribution < -0.4 is 4.90 Å². The number of para-hydroxylation sites is 4. The van der Waals surface area contributed by atoms with Crippen LogP contribution in [0.2, 0.25) is 0 Å². The molecule has 1 aliphatic heterocycles. The average molecular weight is 863 g/mol. The molecule has 7 heteroatoms. The number of anilines is 3. The zero-order valence-electron chi connectivity index (χ0n) is 35.5. The molecule has 0 saturated heterocycles. The summed E-state index contributed by atoms with van der Waals surface area (Å²) in [5.74, 6) is 1.53. The van der Waals surface area contributed by atoms with Crippen molar-refractivity contribution in [2.75, 3.05) is 4.90 Å². The van der Waals surface area contributed by atoms with Gasteiger partial charge in [-0.1, -0.05) is 139 Å². The second-order valence-corrected chi connectivity index (χ2v) is 17.6. The Kier molecular flexibility index (Phi) is 8.99. The molecule has 0 atom stereocenters. The molecule has 0 N–H and O–H groups in total. The minimum atomic E-state index is 0.668. The third kappa shape index (κ3) is 6.39. The van der Waals surface area contributed by atoms with Gasteiger partial charge in [-0.25, -0.2) is 15.0 Å². The van der Waals surface area contributed by atoms with Crippen molar-refractivity contribution in [3.05, 3.63) is 231 Å². The predicted octanol–water partition coefficient (Wildman–Crippen LogP) is 15.5. The fourth-order valence-corrected chi connectivity index (χ4v) is 10.5. The summed E-state index contributed by atoms with van der Waals surface area (Å²) in [6.45, 7) is 0. The van der Waals surface area contributed by atoms with E-state index in [2.05, 4.69) is 208 Å². The first kappa shape index (κ1) is 38.0. The van der Waals surface area contributed by atoms with E-state index in [4.69, 9.17) is 15.0 Å². The van der Waals surface area contributed by atoms with E-state index in [1.807, 2.05) is 36.4 Å². The standard InChI is InChI=1S/C59H38N6S/c1-4-16-39(17-5-1)48-36-49(40-18-6-2-7-19-40)61-58(60-48)41-28-32-45(33-29-41)65-54-38-55-57(66-56-27-15-14-26-53(56)64(55)43-20-8-3-9-21-43)37-50(54)62-59(65)42-30-34-44(35-31-42)63-51-24-12-10-22-46(51)47-23-11-13-25-52(47)63/h1-38H. The van der Waals surface area contributed by atoms with Crippen LogP contribution in [0, 0.1) is 0 Å². The van der Waals surface area contributed by atoms with Crippen LogP contribution in [0.3, 0.4) is 0 Å². The molecule has 0 unspecified atom stereocenters. The van der Waals surface area contributed by atoms with Gasteiger partial charge in [-0.05, 0) is 103 Å². The molecular weight excluding hydrogens is 825 g/mol. The van der Waals surface area contributed by atoms with E-state index in [0.29, 0.717) is 5.82 Å². The monoisotopic (exact) mass is 862 g/mol. The minimum Gasteiger partial charge on any atom is -0.309 e. The second kappa shape index (κ2) is 15.6. The lowest BCUT2D eigenvalue weighted by atomic mass is 10.1. The van der Waals surface area contributed by atoms with Crippen LogP contribution in [0.1, 0.15) is 0 Å². The van der Waals surface area contributed by atoms with Gasteiger partial charge >= 0.3 is 0 Å². The maximum atomic E-state index is 5.48. The molecule has 0 amide bonds. The first-order chi connectivity index (χ1) is 32.7. The highest BCUT2D eigenvalue weighted by atomic mass is 32.2. The van der Waals surface area contributed by atoms with Gasteiger partial charge in [-0.3, -0.25) is 4.57 Å². The second-order valence-electron chi connectivity index (χ2n) is 16.5. The number of benzene rings is 9. The van der Waals surface area contributed by atoms with Crippen LogP contribution in [-0.4, -0.2) is 24.1 Å². The van der Waals surface area contributed by atoms with Crippen molar-refractivity contribution < 1.29 is 0 Å². The van der Waals surface area contributed by atoms with Crippen LogP contribution in [0.15, 0.2) is 240 Å². The molecule has 3 aromatic heterocycles. The SMILES string of the molecule is c1ccc(-c2cc(-c3ccccc3)nc(-c3ccc(-n4c(-c5ccc(-n6c7ccccc7c7ccccc76)cc5)nc5cc6c(cc54)N(c4ccccc4)c4ccccc4S6)cc3)n2)cc1. The normalized spacial score (nSPS) is 12.2. The fraction of sp³-hybridized carbons (Fsp3) is 0. The Labute approximate surface area is 385 Å². The van der Waals surface area contributed by atoms with Crippen molar-refractivity contribution in [1.29, 1.82) is 0 Å². The summed E-state index contributed by atoms with van der Waals surface area (Å²) < 4.78 is 4.66. The largest absolute Gasteiger partial charge is 0.309 e. The number of rotatable bonds is 7. The number of hydrogen-bond acceptors (Lipinski definition) is 5. The Bertz CT molecular complexity index is 3660. The Morgan fingerprint density at radius 3 is 1.50 bits per heavy atom. The summed E-state index contributed by atoms with van der Waals surface area (Å²) in [5, 5.41) is 2.48. The van der Waals surface area contributed by atoms with Crippen molar-refractivity contribution >= 4 is 61.7 Å². The van der Waals surface area contributed by atoms with Crippen LogP contribution in [0.25, 0.3) is 89.5 Å². The summed E-state index contributed by atoms with van der Waals surface area (Å²) >= 11 is 1.80. The van der Waals surface area contributed by atoms with E-state index >= 15 is 0 Å². The molecule has 310 valence electrons. The highest BCUT2D eigenvalue weighted by Gasteiger charge is 2.27. The summed E-state index contributed by atoms with van der Waals surface area (Å²) in [6, 6.07) is 81.3. The van der Waals surface area contributed by atoms with Crippen molar-refractivity contribution in [2.45, 2.75) is 9.79 Å². The molecule has 4 heterocycles. The molecule has 6 nitrogen and oxygen atoms in total. The summed E-state index contributed by atoms with van der Waals surface area (Å²) in [6.07, 6.45) is 0. The number of nitrogens with zero attached hydrogens (tertiary/aromatic N) is 6. The van der Waals surface area contributed by atoms with E-state index < -0.39 is 0 Å². The van der Waals surface area contributed by atoms with Crippen LogP contribution in [0.4, 0.5) is 17.1 Å². The fourth-order valence-electron chi connectivity index (χ4n) is 9.45. The van der Waals surface area contributed by atoms with Gasteiger partial charge in [0.05, 0.1) is 44.8 Å². The molecule has 9 aromatic carbocycles. The molecule has 1 aliphatic rings. The van der Waals surface area contributed by atoms with E-state index in [1.54, 1.807) is 11.8 Å². The van der Waals surface area contributed by atoms with Crippen LogP contribution in [0.5, 0.6) is 0 Å². The zero-order chi connectivity index (χ0) is 43.6. The van der Waals surface area contributed by atoms with Crippen molar-refractivity contribution in [3.8, 4) is 56.7 Å². The van der Waals surface area contributed by atoms with Crippen molar-refractivity contribution in [1.82, 2.24) is 24.1 Å². The molecule has 0 fully saturated rings. The first-order valence-electron chi connectivity index (χ1n) is 22.1. The van der Waals surface area contributed by atoms with Gasteiger partial charge in [-0.15, -0.1) is 0 Å². The number of hydrogen-bond donors (Lipinski definition) is 0. The molecule has 12 aromatic rings. The third-order valence-electron chi connectivity index (χ3n) is 12.5. The molecule has 0 spiro atoms. The molecular formula is C59H38N6S. The lowest BCUT2D eigenvalue weighted by Gasteiger charge is -2.33. The van der Waals surface area contributed by atoms with E-state index in [0.717, 1.165) is 83.8 Å². The molecule has 0 bridgehead atoms. The van der Waals surface area contributed by atoms with E-state index in [1.165, 1.54) is 26.7 Å². The zero-order valence-corrected chi connectivity index (χ0v) is 36.3. The molecule has 0 radical (unpaired) electrons. The lowest BCUT2D eigenvalue weighted by molar-refractivity contribution is 1.10. The average Bonchev–Trinajstić information content (AvgIpc) is 3.93. The van der Waals surface area contributed by atoms with Gasteiger partial charge in [0.25, 0.3) is 0 Å². The van der Waals surface area contributed by atoms with Crippen molar-refractivity contribution in [2.24, 2.45) is 0 Å². The molecule has 0 saturated carbocycles. The Morgan fingerprint density at radius 1 is 0.333 bits per heavy atom. The van der Waals surface area contributed by atoms with Gasteiger partial charge < -0.3 is 9.47 Å². The summed E-state index contributed by atoms with van der Waals surface area (Å²) in [4.78, 5) is 20.5. The minimum absolute atomic E-state index is 0.668. The highest BCUT2D eigenvalue weighted by Crippen LogP contribution is 2.52. The number of aromatic nitrogens is 5. The predicted molar refractivity (Wildman–Crippen MR) is 272 cm³/mol. The van der Waals surface area contributed by atoms with Gasteiger partial charge in [-0.2, -0.15) is 0 Å². The highest BCUT2D eigenvalue weighted by molar-refractivity contribution is 7.99. The Morgan fingerprint density at radius 2 is 0.864 bits per heavy atom. The molecule has 13 rings (SSSR count). The third-order valence-corrected chi connectivity index (χ3v) is 13.6.